The summed E-state index contributed by atoms with van der Waals surface area (Å²) in [5.74, 6) is 2.10. The minimum Gasteiger partial charge on any atom is -0.493 e. The predicted molar refractivity (Wildman–Crippen MR) is 120 cm³/mol. The van der Waals surface area contributed by atoms with Gasteiger partial charge in [0.2, 0.25) is 5.75 Å². The quantitative estimate of drug-likeness (QED) is 0.623. The molecule has 7 heteroatoms. The molecule has 4 rings (SSSR count). The van der Waals surface area contributed by atoms with Crippen LogP contribution in [0, 0.1) is 5.92 Å². The first kappa shape index (κ1) is 22.0. The molecule has 2 aliphatic carbocycles. The van der Waals surface area contributed by atoms with Gasteiger partial charge >= 0.3 is 6.09 Å². The molecule has 1 amide bonds. The summed E-state index contributed by atoms with van der Waals surface area (Å²) in [4.78, 5) is 24.3. The van der Waals surface area contributed by atoms with E-state index < -0.39 is 6.09 Å². The summed E-state index contributed by atoms with van der Waals surface area (Å²) in [6, 6.07) is 9.38. The fourth-order valence-corrected chi connectivity index (χ4v) is 4.29. The number of carbonyl (C=O) groups is 2. The van der Waals surface area contributed by atoms with Crippen LogP contribution < -0.4 is 19.5 Å². The number of amides is 1. The Balaban J connectivity index is 1.69. The molecule has 32 heavy (non-hydrogen) atoms. The standard InChI is InChI=1S/C25H29NO6/c1-4-31-25(28)26-20(15-8-9-15)14-32-23-19(11-13-22(29-2)24(23)30-3)16-6-5-7-18-17(16)10-12-21(18)27/h5-7,11,13,15,20H,4,8-10,12,14H2,1-3H3,(H,26,28). The number of Topliss-reactive ketones (excluding diaryl/α,β-unsaturated/α-hetero) is 1. The molecule has 2 aromatic rings. The Morgan fingerprint density at radius 2 is 1.81 bits per heavy atom. The lowest BCUT2D eigenvalue weighted by Crippen LogP contribution is -2.41. The summed E-state index contributed by atoms with van der Waals surface area (Å²) < 4.78 is 22.5. The molecule has 0 aliphatic heterocycles. The molecule has 1 atom stereocenters. The molecule has 0 radical (unpaired) electrons. The highest BCUT2D eigenvalue weighted by atomic mass is 16.6. The largest absolute Gasteiger partial charge is 0.493 e. The van der Waals surface area contributed by atoms with Gasteiger partial charge in [0.05, 0.1) is 26.9 Å². The molecule has 0 saturated heterocycles. The molecule has 1 N–H and O–H groups in total. The van der Waals surface area contributed by atoms with E-state index in [4.69, 9.17) is 18.9 Å². The van der Waals surface area contributed by atoms with Gasteiger partial charge in [-0.25, -0.2) is 4.79 Å². The molecule has 0 heterocycles. The van der Waals surface area contributed by atoms with E-state index in [9.17, 15) is 9.59 Å². The summed E-state index contributed by atoms with van der Waals surface area (Å²) >= 11 is 0. The fraction of sp³-hybridized carbons (Fsp3) is 0.440. The number of methoxy groups -OCH3 is 2. The second-order valence-corrected chi connectivity index (χ2v) is 8.05. The average molecular weight is 440 g/mol. The van der Waals surface area contributed by atoms with Gasteiger partial charge in [0.15, 0.2) is 17.3 Å². The highest BCUT2D eigenvalue weighted by Gasteiger charge is 2.34. The molecule has 2 aliphatic rings. The van der Waals surface area contributed by atoms with Crippen molar-refractivity contribution in [3.8, 4) is 28.4 Å². The number of benzene rings is 2. The summed E-state index contributed by atoms with van der Waals surface area (Å²) in [7, 11) is 3.15. The van der Waals surface area contributed by atoms with Crippen LogP contribution in [0.4, 0.5) is 4.79 Å². The highest BCUT2D eigenvalue weighted by molar-refractivity contribution is 6.02. The Morgan fingerprint density at radius 1 is 1.03 bits per heavy atom. The van der Waals surface area contributed by atoms with Crippen molar-refractivity contribution in [2.75, 3.05) is 27.4 Å². The number of ether oxygens (including phenoxy) is 4. The second kappa shape index (κ2) is 9.51. The zero-order valence-corrected chi connectivity index (χ0v) is 18.7. The number of rotatable bonds is 9. The Labute approximate surface area is 188 Å². The van der Waals surface area contributed by atoms with Crippen LogP contribution in [0.25, 0.3) is 11.1 Å². The van der Waals surface area contributed by atoms with E-state index in [-0.39, 0.29) is 18.4 Å². The minimum absolute atomic E-state index is 0.164. The van der Waals surface area contributed by atoms with Gasteiger partial charge in [-0.05, 0) is 55.4 Å². The van der Waals surface area contributed by atoms with E-state index in [0.717, 1.165) is 35.1 Å². The van der Waals surface area contributed by atoms with Crippen molar-refractivity contribution in [2.45, 2.75) is 38.6 Å². The molecule has 7 nitrogen and oxygen atoms in total. The molecule has 1 saturated carbocycles. The van der Waals surface area contributed by atoms with Crippen LogP contribution in [0.2, 0.25) is 0 Å². The maximum atomic E-state index is 12.3. The van der Waals surface area contributed by atoms with Gasteiger partial charge in [0.1, 0.15) is 6.61 Å². The number of nitrogens with one attached hydrogen (secondary N) is 1. The van der Waals surface area contributed by atoms with Crippen molar-refractivity contribution in [3.63, 3.8) is 0 Å². The first-order valence-electron chi connectivity index (χ1n) is 11.0. The number of hydrogen-bond donors (Lipinski definition) is 1. The number of hydrogen-bond acceptors (Lipinski definition) is 6. The third-order valence-electron chi connectivity index (χ3n) is 6.05. The van der Waals surface area contributed by atoms with Gasteiger partial charge in [-0.1, -0.05) is 18.2 Å². The lowest BCUT2D eigenvalue weighted by molar-refractivity contribution is 0.0994. The molecule has 1 unspecified atom stereocenters. The third kappa shape index (κ3) is 4.38. The van der Waals surface area contributed by atoms with Crippen LogP contribution >= 0.6 is 0 Å². The highest BCUT2D eigenvalue weighted by Crippen LogP contribution is 2.47. The number of fused-ring (bicyclic) bond motifs is 1. The van der Waals surface area contributed by atoms with Gasteiger partial charge in [0, 0.05) is 17.5 Å². The van der Waals surface area contributed by atoms with Crippen molar-refractivity contribution in [1.29, 1.82) is 0 Å². The summed E-state index contributed by atoms with van der Waals surface area (Å²) in [5.41, 5.74) is 3.58. The molecular weight excluding hydrogens is 410 g/mol. The maximum absolute atomic E-state index is 12.3. The lowest BCUT2D eigenvalue weighted by Gasteiger charge is -2.22. The van der Waals surface area contributed by atoms with E-state index >= 15 is 0 Å². The Hall–Kier alpha value is -3.22. The summed E-state index contributed by atoms with van der Waals surface area (Å²) in [6.07, 6.45) is 2.86. The second-order valence-electron chi connectivity index (χ2n) is 8.05. The number of alkyl carbamates (subject to hydrolysis) is 1. The van der Waals surface area contributed by atoms with Crippen LogP contribution in [0.3, 0.4) is 0 Å². The number of carbonyl (C=O) groups excluding carboxylic acids is 2. The topological polar surface area (TPSA) is 83.1 Å². The molecule has 0 spiro atoms. The molecular formula is C25H29NO6. The first-order valence-corrected chi connectivity index (χ1v) is 11.0. The monoisotopic (exact) mass is 439 g/mol. The molecule has 170 valence electrons. The SMILES string of the molecule is CCOC(=O)NC(COc1c(-c2cccc3c2CCC3=O)ccc(OC)c1OC)C1CC1. The zero-order chi connectivity index (χ0) is 22.7. The van der Waals surface area contributed by atoms with Crippen LogP contribution in [0.1, 0.15) is 42.1 Å². The lowest BCUT2D eigenvalue weighted by atomic mass is 9.95. The van der Waals surface area contributed by atoms with Gasteiger partial charge < -0.3 is 24.3 Å². The van der Waals surface area contributed by atoms with Crippen molar-refractivity contribution < 1.29 is 28.5 Å². The van der Waals surface area contributed by atoms with Gasteiger partial charge in [-0.15, -0.1) is 0 Å². The normalized spacial score (nSPS) is 15.7. The maximum Gasteiger partial charge on any atom is 0.407 e. The van der Waals surface area contributed by atoms with Crippen molar-refractivity contribution in [1.82, 2.24) is 5.32 Å². The van der Waals surface area contributed by atoms with E-state index in [2.05, 4.69) is 5.32 Å². The van der Waals surface area contributed by atoms with Crippen LogP contribution in [0.15, 0.2) is 30.3 Å². The van der Waals surface area contributed by atoms with Crippen molar-refractivity contribution >= 4 is 11.9 Å². The fourth-order valence-electron chi connectivity index (χ4n) is 4.29. The van der Waals surface area contributed by atoms with Crippen molar-refractivity contribution in [3.05, 3.63) is 41.5 Å². The molecule has 0 aromatic heterocycles. The Morgan fingerprint density at radius 3 is 2.50 bits per heavy atom. The van der Waals surface area contributed by atoms with Crippen LogP contribution in [-0.2, 0) is 11.2 Å². The van der Waals surface area contributed by atoms with Crippen molar-refractivity contribution in [2.24, 2.45) is 5.92 Å². The predicted octanol–water partition coefficient (Wildman–Crippen LogP) is 4.40. The van der Waals surface area contributed by atoms with E-state index in [1.54, 1.807) is 21.1 Å². The zero-order valence-electron chi connectivity index (χ0n) is 18.7. The third-order valence-corrected chi connectivity index (χ3v) is 6.05. The van der Waals surface area contributed by atoms with E-state index in [1.807, 2.05) is 30.3 Å². The van der Waals surface area contributed by atoms with E-state index in [0.29, 0.717) is 42.6 Å². The minimum atomic E-state index is -0.440. The van der Waals surface area contributed by atoms with Crippen LogP contribution in [0.5, 0.6) is 17.2 Å². The average Bonchev–Trinajstić information content (AvgIpc) is 3.58. The van der Waals surface area contributed by atoms with Gasteiger partial charge in [-0.3, -0.25) is 4.79 Å². The summed E-state index contributed by atoms with van der Waals surface area (Å²) in [5, 5.41) is 2.92. The van der Waals surface area contributed by atoms with Gasteiger partial charge in [0.25, 0.3) is 0 Å². The number of ketones is 1. The Kier molecular flexibility index (Phi) is 6.53. The molecule has 2 aromatic carbocycles. The van der Waals surface area contributed by atoms with Gasteiger partial charge in [-0.2, -0.15) is 0 Å². The first-order chi connectivity index (χ1) is 15.6. The summed E-state index contributed by atoms with van der Waals surface area (Å²) in [6.45, 7) is 2.36. The molecule has 1 fully saturated rings. The Bertz CT molecular complexity index is 1010. The van der Waals surface area contributed by atoms with Crippen LogP contribution in [-0.4, -0.2) is 45.4 Å². The smallest absolute Gasteiger partial charge is 0.407 e. The molecule has 0 bridgehead atoms. The van der Waals surface area contributed by atoms with E-state index in [1.165, 1.54) is 0 Å².